The molecule has 1 N–H and O–H groups in total. The van der Waals surface area contributed by atoms with Crippen molar-refractivity contribution in [1.29, 1.82) is 0 Å². The molecule has 5 nitrogen and oxygen atoms in total. The number of nitrogens with zero attached hydrogens (tertiary/aromatic N) is 2. The maximum Gasteiger partial charge on any atom is 0.228 e. The summed E-state index contributed by atoms with van der Waals surface area (Å²) < 4.78 is 23.7. The van der Waals surface area contributed by atoms with Gasteiger partial charge in [-0.3, -0.25) is 0 Å². The van der Waals surface area contributed by atoms with Crippen LogP contribution < -0.4 is 5.32 Å². The van der Waals surface area contributed by atoms with E-state index in [1.807, 2.05) is 13.8 Å². The second kappa shape index (κ2) is 7.28. The number of hydrogen-bond acceptors (Lipinski definition) is 5. The lowest BCUT2D eigenvalue weighted by atomic mass is 10.1. The molecule has 0 bridgehead atoms. The fourth-order valence-electron chi connectivity index (χ4n) is 2.17. The molecule has 1 atom stereocenters. The maximum atomic E-state index is 13.3. The predicted octanol–water partition coefficient (Wildman–Crippen LogP) is 2.35. The van der Waals surface area contributed by atoms with E-state index < -0.39 is 0 Å². The van der Waals surface area contributed by atoms with E-state index in [9.17, 15) is 4.39 Å². The first-order valence-electron chi connectivity index (χ1n) is 6.95. The van der Waals surface area contributed by atoms with Crippen LogP contribution in [0.4, 0.5) is 4.39 Å². The largest absolute Gasteiger partial charge is 0.383 e. The first-order chi connectivity index (χ1) is 10.1. The molecule has 0 aliphatic carbocycles. The van der Waals surface area contributed by atoms with Crippen LogP contribution in [0.15, 0.2) is 22.7 Å². The molecular weight excluding hydrogens is 273 g/mol. The molecule has 0 aliphatic rings. The Balaban J connectivity index is 2.15. The second-order valence-corrected chi connectivity index (χ2v) is 4.89. The van der Waals surface area contributed by atoms with Crippen LogP contribution in [0.5, 0.6) is 0 Å². The average molecular weight is 293 g/mol. The fourth-order valence-corrected chi connectivity index (χ4v) is 2.17. The predicted molar refractivity (Wildman–Crippen MR) is 77.5 cm³/mol. The number of halogens is 1. The third-order valence-electron chi connectivity index (χ3n) is 3.19. The zero-order valence-electron chi connectivity index (χ0n) is 12.5. The molecule has 0 amide bonds. The number of aromatic nitrogens is 2. The standard InChI is InChI=1S/C15H20FN3O2/c1-4-17-12(9-20-3)8-14-18-15(19-21-14)13-7-11(16)6-5-10(13)2/h5-7,12,17H,4,8-9H2,1-3H3. The van der Waals surface area contributed by atoms with Crippen molar-refractivity contribution in [3.05, 3.63) is 35.5 Å². The van der Waals surface area contributed by atoms with Gasteiger partial charge in [-0.2, -0.15) is 4.98 Å². The summed E-state index contributed by atoms with van der Waals surface area (Å²) in [6.45, 7) is 5.30. The van der Waals surface area contributed by atoms with E-state index in [0.29, 0.717) is 30.3 Å². The molecular formula is C15H20FN3O2. The molecule has 2 aromatic rings. The quantitative estimate of drug-likeness (QED) is 0.849. The number of methoxy groups -OCH3 is 1. The number of rotatable bonds is 7. The Hall–Kier alpha value is -1.79. The minimum Gasteiger partial charge on any atom is -0.383 e. The Kier molecular flexibility index (Phi) is 5.41. The molecule has 114 valence electrons. The summed E-state index contributed by atoms with van der Waals surface area (Å²) in [6.07, 6.45) is 0.572. The average Bonchev–Trinajstić information content (AvgIpc) is 2.90. The Morgan fingerprint density at radius 2 is 2.24 bits per heavy atom. The highest BCUT2D eigenvalue weighted by molar-refractivity contribution is 5.59. The molecule has 0 radical (unpaired) electrons. The van der Waals surface area contributed by atoms with Crippen LogP contribution in [0.2, 0.25) is 0 Å². The van der Waals surface area contributed by atoms with Crippen molar-refractivity contribution in [3.8, 4) is 11.4 Å². The van der Waals surface area contributed by atoms with Crippen LogP contribution >= 0.6 is 0 Å². The molecule has 6 heteroatoms. The number of likely N-dealkylation sites (N-methyl/N-ethyl adjacent to an activating group) is 1. The molecule has 1 unspecified atom stereocenters. The summed E-state index contributed by atoms with van der Waals surface area (Å²) >= 11 is 0. The van der Waals surface area contributed by atoms with Gasteiger partial charge in [0.15, 0.2) is 0 Å². The topological polar surface area (TPSA) is 60.2 Å². The van der Waals surface area contributed by atoms with E-state index >= 15 is 0 Å². The normalized spacial score (nSPS) is 12.6. The van der Waals surface area contributed by atoms with Crippen molar-refractivity contribution in [2.24, 2.45) is 0 Å². The van der Waals surface area contributed by atoms with Gasteiger partial charge >= 0.3 is 0 Å². The summed E-state index contributed by atoms with van der Waals surface area (Å²) in [7, 11) is 1.65. The molecule has 0 saturated heterocycles. The first-order valence-corrected chi connectivity index (χ1v) is 6.95. The molecule has 0 saturated carbocycles. The second-order valence-electron chi connectivity index (χ2n) is 4.89. The number of benzene rings is 1. The maximum absolute atomic E-state index is 13.3. The highest BCUT2D eigenvalue weighted by atomic mass is 19.1. The van der Waals surface area contributed by atoms with Crippen molar-refractivity contribution in [2.75, 3.05) is 20.3 Å². The van der Waals surface area contributed by atoms with Crippen LogP contribution in [-0.4, -0.2) is 36.4 Å². The smallest absolute Gasteiger partial charge is 0.228 e. The molecule has 1 aromatic heterocycles. The fraction of sp³-hybridized carbons (Fsp3) is 0.467. The summed E-state index contributed by atoms with van der Waals surface area (Å²) in [6, 6.07) is 4.65. The van der Waals surface area contributed by atoms with Crippen LogP contribution in [0, 0.1) is 12.7 Å². The first kappa shape index (κ1) is 15.6. The molecule has 0 aliphatic heterocycles. The summed E-state index contributed by atoms with van der Waals surface area (Å²) in [5.74, 6) is 0.609. The summed E-state index contributed by atoms with van der Waals surface area (Å²) in [5.41, 5.74) is 1.56. The Morgan fingerprint density at radius 1 is 1.43 bits per heavy atom. The van der Waals surface area contributed by atoms with Crippen molar-refractivity contribution >= 4 is 0 Å². The van der Waals surface area contributed by atoms with Gasteiger partial charge in [-0.25, -0.2) is 4.39 Å². The monoisotopic (exact) mass is 293 g/mol. The molecule has 1 heterocycles. The third kappa shape index (κ3) is 4.09. The molecule has 0 fully saturated rings. The van der Waals surface area contributed by atoms with Crippen molar-refractivity contribution < 1.29 is 13.7 Å². The molecule has 0 spiro atoms. The summed E-state index contributed by atoms with van der Waals surface area (Å²) in [4.78, 5) is 4.35. The molecule has 1 aromatic carbocycles. The van der Waals surface area contributed by atoms with Crippen LogP contribution in [0.1, 0.15) is 18.4 Å². The third-order valence-corrected chi connectivity index (χ3v) is 3.19. The number of aryl methyl sites for hydroxylation is 1. The Morgan fingerprint density at radius 3 is 2.95 bits per heavy atom. The van der Waals surface area contributed by atoms with E-state index in [1.165, 1.54) is 12.1 Å². The van der Waals surface area contributed by atoms with Gasteiger partial charge in [0, 0.05) is 25.1 Å². The zero-order chi connectivity index (χ0) is 15.2. The number of hydrogen-bond donors (Lipinski definition) is 1. The van der Waals surface area contributed by atoms with Gasteiger partial charge in [0.2, 0.25) is 11.7 Å². The van der Waals surface area contributed by atoms with Crippen molar-refractivity contribution in [1.82, 2.24) is 15.5 Å². The van der Waals surface area contributed by atoms with E-state index in [-0.39, 0.29) is 11.9 Å². The highest BCUT2D eigenvalue weighted by Gasteiger charge is 2.16. The summed E-state index contributed by atoms with van der Waals surface area (Å²) in [5, 5.41) is 7.23. The van der Waals surface area contributed by atoms with Crippen LogP contribution in [-0.2, 0) is 11.2 Å². The van der Waals surface area contributed by atoms with Gasteiger partial charge in [-0.15, -0.1) is 0 Å². The molecule has 2 rings (SSSR count). The lowest BCUT2D eigenvalue weighted by Crippen LogP contribution is -2.35. The van der Waals surface area contributed by atoms with Gasteiger partial charge < -0.3 is 14.6 Å². The SMILES string of the molecule is CCNC(COC)Cc1nc(-c2cc(F)ccc2C)no1. The van der Waals surface area contributed by atoms with E-state index in [4.69, 9.17) is 9.26 Å². The van der Waals surface area contributed by atoms with Gasteiger partial charge in [0.1, 0.15) is 5.82 Å². The molecule has 21 heavy (non-hydrogen) atoms. The number of ether oxygens (including phenoxy) is 1. The van der Waals surface area contributed by atoms with Gasteiger partial charge in [0.05, 0.1) is 6.61 Å². The Bertz CT molecular complexity index is 580. The minimum absolute atomic E-state index is 0.113. The van der Waals surface area contributed by atoms with Crippen LogP contribution in [0.3, 0.4) is 0 Å². The number of nitrogens with one attached hydrogen (secondary N) is 1. The highest BCUT2D eigenvalue weighted by Crippen LogP contribution is 2.21. The zero-order valence-corrected chi connectivity index (χ0v) is 12.5. The minimum atomic E-state index is -0.313. The van der Waals surface area contributed by atoms with Crippen molar-refractivity contribution in [3.63, 3.8) is 0 Å². The Labute approximate surface area is 123 Å². The van der Waals surface area contributed by atoms with E-state index in [0.717, 1.165) is 12.1 Å². The van der Waals surface area contributed by atoms with Crippen molar-refractivity contribution in [2.45, 2.75) is 26.3 Å². The van der Waals surface area contributed by atoms with Gasteiger partial charge in [-0.1, -0.05) is 18.1 Å². The van der Waals surface area contributed by atoms with Crippen LogP contribution in [0.25, 0.3) is 11.4 Å². The van der Waals surface area contributed by atoms with E-state index in [1.54, 1.807) is 13.2 Å². The van der Waals surface area contributed by atoms with Gasteiger partial charge in [0.25, 0.3) is 0 Å². The lowest BCUT2D eigenvalue weighted by Gasteiger charge is -2.14. The van der Waals surface area contributed by atoms with E-state index in [2.05, 4.69) is 15.5 Å². The van der Waals surface area contributed by atoms with Gasteiger partial charge in [-0.05, 0) is 31.2 Å². The lowest BCUT2D eigenvalue weighted by molar-refractivity contribution is 0.162.